The van der Waals surface area contributed by atoms with Gasteiger partial charge in [-0.25, -0.2) is 4.98 Å². The van der Waals surface area contributed by atoms with Crippen molar-refractivity contribution in [3.63, 3.8) is 0 Å². The van der Waals surface area contributed by atoms with Crippen molar-refractivity contribution in [3.8, 4) is 6.07 Å². The number of anilines is 2. The average molecular weight is 151 g/mol. The largest absolute Gasteiger partial charge is 0.381 e. The molecule has 0 saturated carbocycles. The molecule has 0 aromatic carbocycles. The summed E-state index contributed by atoms with van der Waals surface area (Å²) in [7, 11) is 0. The lowest BCUT2D eigenvalue weighted by Gasteiger charge is -1.95. The van der Waals surface area contributed by atoms with Crippen LogP contribution in [0.3, 0.4) is 0 Å². The van der Waals surface area contributed by atoms with Crippen LogP contribution in [0.2, 0.25) is 0 Å². The predicted octanol–water partition coefficient (Wildman–Crippen LogP) is -1.19. The van der Waals surface area contributed by atoms with Gasteiger partial charge in [-0.1, -0.05) is 0 Å². The maximum atomic E-state index is 10.7. The van der Waals surface area contributed by atoms with E-state index >= 15 is 0 Å². The molecule has 0 aliphatic heterocycles. The number of nitrogen functional groups attached to an aromatic ring is 2. The van der Waals surface area contributed by atoms with Crippen LogP contribution in [0, 0.1) is 11.3 Å². The maximum absolute atomic E-state index is 10.7. The van der Waals surface area contributed by atoms with Gasteiger partial charge in [-0.15, -0.1) is 0 Å². The molecule has 0 atom stereocenters. The van der Waals surface area contributed by atoms with E-state index in [2.05, 4.69) is 9.97 Å². The van der Waals surface area contributed by atoms with Crippen molar-refractivity contribution in [2.24, 2.45) is 0 Å². The van der Waals surface area contributed by atoms with E-state index < -0.39 is 5.56 Å². The van der Waals surface area contributed by atoms with Crippen LogP contribution in [0.25, 0.3) is 0 Å². The van der Waals surface area contributed by atoms with Crippen molar-refractivity contribution in [2.75, 3.05) is 11.5 Å². The highest BCUT2D eigenvalue weighted by Gasteiger charge is 2.02. The van der Waals surface area contributed by atoms with Crippen LogP contribution in [-0.4, -0.2) is 9.97 Å². The number of H-pyrrole nitrogens is 1. The zero-order chi connectivity index (χ0) is 8.43. The molecule has 1 aromatic heterocycles. The van der Waals surface area contributed by atoms with E-state index in [0.29, 0.717) is 0 Å². The second kappa shape index (κ2) is 2.30. The van der Waals surface area contributed by atoms with Crippen LogP contribution in [-0.2, 0) is 0 Å². The first-order valence-electron chi connectivity index (χ1n) is 2.70. The van der Waals surface area contributed by atoms with E-state index in [1.54, 1.807) is 6.07 Å². The van der Waals surface area contributed by atoms with Gasteiger partial charge in [-0.3, -0.25) is 4.79 Å². The van der Waals surface area contributed by atoms with Gasteiger partial charge in [0.2, 0.25) is 0 Å². The summed E-state index contributed by atoms with van der Waals surface area (Å²) < 4.78 is 0. The predicted molar refractivity (Wildman–Crippen MR) is 38.4 cm³/mol. The fraction of sp³-hybridized carbons (Fsp3) is 0. The van der Waals surface area contributed by atoms with Crippen molar-refractivity contribution >= 4 is 11.6 Å². The number of nitrogens with zero attached hydrogens (tertiary/aromatic N) is 2. The molecule has 1 rings (SSSR count). The summed E-state index contributed by atoms with van der Waals surface area (Å²) >= 11 is 0. The Labute approximate surface area is 61.5 Å². The summed E-state index contributed by atoms with van der Waals surface area (Å²) in [4.78, 5) is 16.3. The highest BCUT2D eigenvalue weighted by Crippen LogP contribution is 2.00. The van der Waals surface area contributed by atoms with Crippen molar-refractivity contribution in [1.82, 2.24) is 9.97 Å². The molecule has 1 aromatic rings. The van der Waals surface area contributed by atoms with Crippen LogP contribution < -0.4 is 17.0 Å². The molecule has 6 nitrogen and oxygen atoms in total. The molecule has 0 radical (unpaired) electrons. The molecule has 1 heterocycles. The molecule has 11 heavy (non-hydrogen) atoms. The molecule has 0 aliphatic carbocycles. The first-order valence-corrected chi connectivity index (χ1v) is 2.70. The molecule has 56 valence electrons. The fourth-order valence-electron chi connectivity index (χ4n) is 0.563. The van der Waals surface area contributed by atoms with Gasteiger partial charge in [0.05, 0.1) is 0 Å². The number of aromatic nitrogens is 2. The molecule has 0 spiro atoms. The van der Waals surface area contributed by atoms with Crippen molar-refractivity contribution < 1.29 is 0 Å². The zero-order valence-electron chi connectivity index (χ0n) is 5.46. The highest BCUT2D eigenvalue weighted by atomic mass is 16.1. The molecule has 5 N–H and O–H groups in total. The molecule has 0 amide bonds. The lowest BCUT2D eigenvalue weighted by Crippen LogP contribution is -2.17. The average Bonchev–Trinajstić information content (AvgIpc) is 1.97. The lowest BCUT2D eigenvalue weighted by molar-refractivity contribution is 1.13. The third kappa shape index (κ3) is 1.11. The molecule has 6 heteroatoms. The van der Waals surface area contributed by atoms with Gasteiger partial charge in [-0.2, -0.15) is 5.26 Å². The summed E-state index contributed by atoms with van der Waals surface area (Å²) in [5.74, 6) is -0.300. The smallest absolute Gasteiger partial charge is 0.291 e. The minimum absolute atomic E-state index is 0.0652. The Morgan fingerprint density at radius 1 is 1.45 bits per heavy atom. The summed E-state index contributed by atoms with van der Waals surface area (Å²) in [5, 5.41) is 8.35. The van der Waals surface area contributed by atoms with Gasteiger partial charge in [0.15, 0.2) is 17.3 Å². The number of nitriles is 1. The number of aromatic amines is 1. The summed E-state index contributed by atoms with van der Waals surface area (Å²) in [6.07, 6.45) is 0. The summed E-state index contributed by atoms with van der Waals surface area (Å²) in [6, 6.07) is 1.66. The Bertz CT molecular complexity index is 373. The summed E-state index contributed by atoms with van der Waals surface area (Å²) in [6.45, 7) is 0. The minimum atomic E-state index is -0.601. The normalized spacial score (nSPS) is 9.00. The van der Waals surface area contributed by atoms with Crippen LogP contribution in [0.15, 0.2) is 4.79 Å². The number of nitrogens with one attached hydrogen (secondary N) is 1. The Kier molecular flexibility index (Phi) is 1.48. The monoisotopic (exact) mass is 151 g/mol. The number of nitrogens with two attached hydrogens (primary N) is 2. The first kappa shape index (κ1) is 7.08. The quantitative estimate of drug-likeness (QED) is 0.430. The third-order valence-corrected chi connectivity index (χ3v) is 1.08. The van der Waals surface area contributed by atoms with E-state index in [1.165, 1.54) is 0 Å². The van der Waals surface area contributed by atoms with Gasteiger partial charge >= 0.3 is 0 Å². The van der Waals surface area contributed by atoms with Crippen molar-refractivity contribution in [3.05, 3.63) is 16.0 Å². The second-order valence-electron chi connectivity index (χ2n) is 1.82. The molecular weight excluding hydrogens is 146 g/mol. The zero-order valence-corrected chi connectivity index (χ0v) is 5.46. The molecule has 0 unspecified atom stereocenters. The van der Waals surface area contributed by atoms with Gasteiger partial charge in [0.1, 0.15) is 6.07 Å². The van der Waals surface area contributed by atoms with Gasteiger partial charge in [0.25, 0.3) is 5.56 Å². The number of rotatable bonds is 0. The first-order chi connectivity index (χ1) is 5.15. The minimum Gasteiger partial charge on any atom is -0.381 e. The van der Waals surface area contributed by atoms with Crippen LogP contribution in [0.5, 0.6) is 0 Å². The standard InChI is InChI=1S/C5H5N5O/c6-1-2-3(7)10-4(8)5(11)9-2/h(H,9,11)(H4,7,8,10). The van der Waals surface area contributed by atoms with Crippen molar-refractivity contribution in [1.29, 1.82) is 5.26 Å². The third-order valence-electron chi connectivity index (χ3n) is 1.08. The van der Waals surface area contributed by atoms with Crippen LogP contribution in [0.1, 0.15) is 5.69 Å². The SMILES string of the molecule is N#Cc1[nH]c(=O)c(N)nc1N. The topological polar surface area (TPSA) is 122 Å². The Morgan fingerprint density at radius 2 is 2.09 bits per heavy atom. The Morgan fingerprint density at radius 3 is 2.64 bits per heavy atom. The van der Waals surface area contributed by atoms with E-state index in [4.69, 9.17) is 16.7 Å². The Hall–Kier alpha value is -2.03. The molecular formula is C5H5N5O. The molecule has 0 bridgehead atoms. The van der Waals surface area contributed by atoms with Crippen molar-refractivity contribution in [2.45, 2.75) is 0 Å². The lowest BCUT2D eigenvalue weighted by atomic mass is 10.4. The second-order valence-corrected chi connectivity index (χ2v) is 1.82. The molecule has 0 saturated heterocycles. The maximum Gasteiger partial charge on any atom is 0.291 e. The van der Waals surface area contributed by atoms with Gasteiger partial charge in [0, 0.05) is 0 Å². The number of hydrogen-bond acceptors (Lipinski definition) is 5. The van der Waals surface area contributed by atoms with E-state index in [9.17, 15) is 4.79 Å². The van der Waals surface area contributed by atoms with Gasteiger partial charge in [-0.05, 0) is 0 Å². The van der Waals surface area contributed by atoms with Gasteiger partial charge < -0.3 is 16.5 Å². The molecule has 0 fully saturated rings. The number of hydrogen-bond donors (Lipinski definition) is 3. The molecule has 0 aliphatic rings. The van der Waals surface area contributed by atoms with Crippen LogP contribution in [0.4, 0.5) is 11.6 Å². The fourth-order valence-corrected chi connectivity index (χ4v) is 0.563. The van der Waals surface area contributed by atoms with E-state index in [-0.39, 0.29) is 17.3 Å². The highest BCUT2D eigenvalue weighted by molar-refractivity contribution is 5.46. The van der Waals surface area contributed by atoms with E-state index in [0.717, 1.165) is 0 Å². The Balaban J connectivity index is 3.48. The van der Waals surface area contributed by atoms with E-state index in [1.807, 2.05) is 0 Å². The van der Waals surface area contributed by atoms with Crippen LogP contribution >= 0.6 is 0 Å². The summed E-state index contributed by atoms with van der Waals surface area (Å²) in [5.41, 5.74) is 9.65.